The molecule has 0 heterocycles. The lowest BCUT2D eigenvalue weighted by molar-refractivity contribution is 0.654. The summed E-state index contributed by atoms with van der Waals surface area (Å²) < 4.78 is -2.19. The average Bonchev–Trinajstić information content (AvgIpc) is 2.14. The van der Waals surface area contributed by atoms with Gasteiger partial charge in [-0.25, -0.2) is 0 Å². The van der Waals surface area contributed by atoms with Crippen LogP contribution in [0.15, 0.2) is 0 Å². The molecule has 1 nitrogen and oxygen atoms in total. The van der Waals surface area contributed by atoms with Gasteiger partial charge in [0.05, 0.1) is 0 Å². The first-order valence-electron chi connectivity index (χ1n) is 5.77. The monoisotopic (exact) mass is 288 g/mol. The Morgan fingerprint density at radius 1 is 0.933 bits per heavy atom. The van der Waals surface area contributed by atoms with Gasteiger partial charge in [-0.05, 0) is 24.3 Å². The summed E-state index contributed by atoms with van der Waals surface area (Å²) in [5.41, 5.74) is 0. The Kier molecular flexibility index (Phi) is 10.4. The van der Waals surface area contributed by atoms with Crippen LogP contribution >= 0.6 is 29.2 Å². The number of hydrogen-bond acceptors (Lipinski definition) is 0. The maximum absolute atomic E-state index is 9.93. The third kappa shape index (κ3) is 9.17. The van der Waals surface area contributed by atoms with E-state index in [0.29, 0.717) is 0 Å². The van der Waals surface area contributed by atoms with Gasteiger partial charge in [0, 0.05) is 0 Å². The van der Waals surface area contributed by atoms with Crippen molar-refractivity contribution in [2.45, 2.75) is 52.4 Å². The summed E-state index contributed by atoms with van der Waals surface area (Å²) in [6.07, 6.45) is 7.44. The highest BCUT2D eigenvalue weighted by atomic mass is 33.2. The second kappa shape index (κ2) is 9.47. The molecule has 0 aromatic carbocycles. The molecule has 0 amide bonds. The third-order valence-corrected chi connectivity index (χ3v) is 11.9. The van der Waals surface area contributed by atoms with Gasteiger partial charge in [-0.1, -0.05) is 39.5 Å². The van der Waals surface area contributed by atoms with E-state index in [9.17, 15) is 4.89 Å². The lowest BCUT2D eigenvalue weighted by Gasteiger charge is -2.16. The minimum atomic E-state index is -2.19. The van der Waals surface area contributed by atoms with Crippen LogP contribution in [0, 0.1) is 0 Å². The van der Waals surface area contributed by atoms with Crippen molar-refractivity contribution in [3.05, 3.63) is 0 Å². The van der Waals surface area contributed by atoms with Gasteiger partial charge < -0.3 is 4.89 Å². The quantitative estimate of drug-likeness (QED) is 0.341. The predicted octanol–water partition coefficient (Wildman–Crippen LogP) is 4.51. The first-order chi connectivity index (χ1) is 7.02. The normalized spacial score (nSPS) is 12.4. The van der Waals surface area contributed by atoms with Crippen molar-refractivity contribution in [3.63, 3.8) is 0 Å². The summed E-state index contributed by atoms with van der Waals surface area (Å²) >= 11 is 8.59. The molecule has 0 atom stereocenters. The van der Waals surface area contributed by atoms with Gasteiger partial charge in [0.25, 0.3) is 0 Å². The first kappa shape index (κ1) is 16.4. The Labute approximate surface area is 108 Å². The molecule has 0 fully saturated rings. The third-order valence-electron chi connectivity index (χ3n) is 2.31. The van der Waals surface area contributed by atoms with Crippen LogP contribution in [0.3, 0.4) is 0 Å². The summed E-state index contributed by atoms with van der Waals surface area (Å²) in [6, 6.07) is 0. The Morgan fingerprint density at radius 2 is 1.33 bits per heavy atom. The van der Waals surface area contributed by atoms with E-state index < -0.39 is 4.67 Å². The van der Waals surface area contributed by atoms with Crippen LogP contribution in [-0.2, 0) is 10.1 Å². The molecule has 0 aliphatic carbocycles. The van der Waals surface area contributed by atoms with E-state index in [1.54, 1.807) is 0 Å². The molecule has 5 heteroatoms. The second-order valence-electron chi connectivity index (χ2n) is 3.80. The molecule has 0 spiro atoms. The molecular formula is C10H25OPS3. The smallest absolute Gasteiger partial charge is 0.127 e. The molecular weight excluding hydrogens is 263 g/mol. The lowest BCUT2D eigenvalue weighted by atomic mass is 10.3. The topological polar surface area (TPSA) is 20.2 Å². The molecule has 0 aromatic rings. The van der Waals surface area contributed by atoms with Crippen molar-refractivity contribution >= 4 is 39.2 Å². The number of thiol groups is 2. The van der Waals surface area contributed by atoms with Crippen molar-refractivity contribution < 1.29 is 4.89 Å². The summed E-state index contributed by atoms with van der Waals surface area (Å²) in [6.45, 7) is 4.41. The van der Waals surface area contributed by atoms with Gasteiger partial charge in [0.2, 0.25) is 0 Å². The second-order valence-corrected chi connectivity index (χ2v) is 15.7. The van der Waals surface area contributed by atoms with Crippen molar-refractivity contribution in [1.29, 1.82) is 0 Å². The maximum atomic E-state index is 9.93. The molecule has 0 radical (unpaired) electrons. The molecule has 0 aliphatic rings. The minimum absolute atomic E-state index is 0.0503. The molecule has 0 aliphatic heterocycles. The van der Waals surface area contributed by atoms with Gasteiger partial charge in [0.15, 0.2) is 0 Å². The predicted molar refractivity (Wildman–Crippen MR) is 83.3 cm³/mol. The molecule has 0 unspecified atom stereocenters. The van der Waals surface area contributed by atoms with Gasteiger partial charge in [-0.2, -0.15) is 0 Å². The van der Waals surface area contributed by atoms with Crippen LogP contribution in [0.1, 0.15) is 52.4 Å². The fraction of sp³-hybridized carbons (Fsp3) is 1.00. The first-order valence-corrected chi connectivity index (χ1v) is 12.0. The van der Waals surface area contributed by atoms with Crippen LogP contribution in [0.5, 0.6) is 0 Å². The van der Waals surface area contributed by atoms with Crippen molar-refractivity contribution in [2.24, 2.45) is 0 Å². The SMILES string of the molecule is CCCCCS(CCCCC)=P(O)(S)S. The van der Waals surface area contributed by atoms with E-state index in [1.165, 1.54) is 38.5 Å². The van der Waals surface area contributed by atoms with E-state index in [-0.39, 0.29) is 10.1 Å². The van der Waals surface area contributed by atoms with Crippen molar-refractivity contribution in [2.75, 3.05) is 11.5 Å². The molecule has 0 rings (SSSR count). The van der Waals surface area contributed by atoms with E-state index in [2.05, 4.69) is 38.3 Å². The lowest BCUT2D eigenvalue weighted by Crippen LogP contribution is -2.03. The zero-order valence-corrected chi connectivity index (χ0v) is 13.4. The van der Waals surface area contributed by atoms with E-state index in [1.807, 2.05) is 0 Å². The van der Waals surface area contributed by atoms with Crippen LogP contribution in [0.2, 0.25) is 0 Å². The Morgan fingerprint density at radius 3 is 1.60 bits per heavy atom. The molecule has 0 aromatic heterocycles. The zero-order valence-electron chi connectivity index (χ0n) is 9.85. The fourth-order valence-electron chi connectivity index (χ4n) is 1.38. The van der Waals surface area contributed by atoms with Crippen molar-refractivity contribution in [1.82, 2.24) is 0 Å². The van der Waals surface area contributed by atoms with Crippen LogP contribution in [0.4, 0.5) is 0 Å². The molecule has 0 saturated heterocycles. The van der Waals surface area contributed by atoms with E-state index in [4.69, 9.17) is 0 Å². The molecule has 15 heavy (non-hydrogen) atoms. The summed E-state index contributed by atoms with van der Waals surface area (Å²) in [5.74, 6) is 2.24. The summed E-state index contributed by atoms with van der Waals surface area (Å²) in [4.78, 5) is 9.93. The van der Waals surface area contributed by atoms with Crippen LogP contribution in [0.25, 0.3) is 0 Å². The number of rotatable bonds is 8. The Bertz CT molecular complexity index is 192. The maximum Gasteiger partial charge on any atom is 0.127 e. The summed E-state index contributed by atoms with van der Waals surface area (Å²) in [7, 11) is 0.0503. The van der Waals surface area contributed by atoms with Gasteiger partial charge in [0.1, 0.15) is 4.67 Å². The van der Waals surface area contributed by atoms with Gasteiger partial charge in [-0.15, -0.1) is 34.6 Å². The highest BCUT2D eigenvalue weighted by Gasteiger charge is 2.08. The largest absolute Gasteiger partial charge is 0.354 e. The van der Waals surface area contributed by atoms with Gasteiger partial charge >= 0.3 is 0 Å². The number of unbranched alkanes of at least 4 members (excludes halogenated alkanes) is 4. The Balaban J connectivity index is 4.10. The van der Waals surface area contributed by atoms with E-state index >= 15 is 0 Å². The molecule has 0 saturated carbocycles. The minimum Gasteiger partial charge on any atom is -0.354 e. The highest BCUT2D eigenvalue weighted by Crippen LogP contribution is 2.56. The highest BCUT2D eigenvalue weighted by molar-refractivity contribution is 8.94. The molecule has 0 bridgehead atoms. The Hall–Kier alpha value is 1.44. The number of hydrogen-bond donors (Lipinski definition) is 3. The standard InChI is InChI=1S/C10H25OPS3/c1-3-5-7-9-15(12(11,13)14)10-8-6-4-2/h11,13-14H,3-10H2,1-2H3. The molecule has 94 valence electrons. The zero-order chi connectivity index (χ0) is 11.7. The van der Waals surface area contributed by atoms with Crippen molar-refractivity contribution in [3.8, 4) is 0 Å². The summed E-state index contributed by atoms with van der Waals surface area (Å²) in [5, 5.41) is 0. The average molecular weight is 288 g/mol. The van der Waals surface area contributed by atoms with E-state index in [0.717, 1.165) is 11.5 Å². The molecule has 1 N–H and O–H groups in total. The fourth-order valence-corrected chi connectivity index (χ4v) is 8.34. The van der Waals surface area contributed by atoms with Gasteiger partial charge in [-0.3, -0.25) is 0 Å². The van der Waals surface area contributed by atoms with Crippen LogP contribution < -0.4 is 0 Å². The van der Waals surface area contributed by atoms with Crippen LogP contribution in [-0.4, -0.2) is 16.4 Å².